The lowest BCUT2D eigenvalue weighted by Crippen LogP contribution is -2.54. The van der Waals surface area contributed by atoms with E-state index in [-0.39, 0.29) is 17.9 Å². The van der Waals surface area contributed by atoms with Crippen LogP contribution in [-0.4, -0.2) is 48.2 Å². The van der Waals surface area contributed by atoms with E-state index in [4.69, 9.17) is 10.1 Å². The standard InChI is InChI=1S/C29H28N6O2/c1-17-5-3-7-22-27(21-6-4-8-25-24(21)16-33(2)31-25)32-35(28(17)22)20-11-12-26(30-14-20)34-15-18-9-10-19(34)13-23(18)29(36)37/h3-8,11-12,14,16,18-19,23H,9-10,13,15H2,1-2H3,(H,36,37)/t18-,19-,23+/m1/s1. The SMILES string of the molecule is Cc1cccc2c(-c3cccc4nn(C)cc34)nn(-c3ccc(N4C[C@H]5CC[C@@H]4C[C@@H]5C(=O)O)nc3)c12. The maximum Gasteiger partial charge on any atom is 0.306 e. The van der Waals surface area contributed by atoms with Gasteiger partial charge in [0.25, 0.3) is 0 Å². The predicted molar refractivity (Wildman–Crippen MR) is 143 cm³/mol. The summed E-state index contributed by atoms with van der Waals surface area (Å²) < 4.78 is 3.84. The first-order valence-corrected chi connectivity index (χ1v) is 12.8. The highest BCUT2D eigenvalue weighted by molar-refractivity contribution is 6.03. The molecule has 1 aliphatic carbocycles. The second kappa shape index (κ2) is 8.16. The third-order valence-corrected chi connectivity index (χ3v) is 8.25. The average Bonchev–Trinajstić information content (AvgIpc) is 3.50. The van der Waals surface area contributed by atoms with Crippen LogP contribution in [0.1, 0.15) is 24.8 Å². The number of rotatable bonds is 4. The van der Waals surface area contributed by atoms with E-state index >= 15 is 0 Å². The molecule has 5 aromatic rings. The first-order valence-electron chi connectivity index (χ1n) is 12.8. The third-order valence-electron chi connectivity index (χ3n) is 8.25. The fourth-order valence-corrected chi connectivity index (χ4v) is 6.46. The third kappa shape index (κ3) is 3.43. The second-order valence-corrected chi connectivity index (χ2v) is 10.5. The van der Waals surface area contributed by atoms with Crippen molar-refractivity contribution in [1.82, 2.24) is 24.5 Å². The fourth-order valence-electron chi connectivity index (χ4n) is 6.46. The van der Waals surface area contributed by atoms with E-state index in [9.17, 15) is 9.90 Å². The van der Waals surface area contributed by atoms with Crippen LogP contribution < -0.4 is 4.90 Å². The van der Waals surface area contributed by atoms with Crippen molar-refractivity contribution in [2.75, 3.05) is 11.4 Å². The Balaban J connectivity index is 1.29. The van der Waals surface area contributed by atoms with Gasteiger partial charge in [0.05, 0.1) is 28.8 Å². The zero-order valence-corrected chi connectivity index (χ0v) is 20.9. The predicted octanol–water partition coefficient (Wildman–Crippen LogP) is 4.97. The van der Waals surface area contributed by atoms with E-state index < -0.39 is 5.97 Å². The van der Waals surface area contributed by atoms with Crippen molar-refractivity contribution in [2.45, 2.75) is 32.2 Å². The van der Waals surface area contributed by atoms with Gasteiger partial charge in [-0.25, -0.2) is 9.67 Å². The van der Waals surface area contributed by atoms with Crippen molar-refractivity contribution in [1.29, 1.82) is 0 Å². The van der Waals surface area contributed by atoms with Crippen molar-refractivity contribution >= 4 is 33.6 Å². The van der Waals surface area contributed by atoms with Crippen LogP contribution in [0.4, 0.5) is 5.82 Å². The number of carbonyl (C=O) groups is 1. The largest absolute Gasteiger partial charge is 0.481 e. The summed E-state index contributed by atoms with van der Waals surface area (Å²) in [6, 6.07) is 16.8. The Morgan fingerprint density at radius 1 is 1.03 bits per heavy atom. The number of aromatic nitrogens is 5. The van der Waals surface area contributed by atoms with Gasteiger partial charge < -0.3 is 10.0 Å². The number of para-hydroxylation sites is 1. The van der Waals surface area contributed by atoms with Crippen molar-refractivity contribution in [3.8, 4) is 16.9 Å². The normalized spacial score (nSPS) is 21.2. The Bertz CT molecular complexity index is 1670. The number of pyridine rings is 1. The van der Waals surface area contributed by atoms with Gasteiger partial charge in [-0.2, -0.15) is 10.2 Å². The molecule has 186 valence electrons. The first kappa shape index (κ1) is 22.0. The van der Waals surface area contributed by atoms with E-state index in [1.54, 1.807) is 0 Å². The molecule has 8 rings (SSSR count). The Morgan fingerprint density at radius 3 is 2.65 bits per heavy atom. The minimum absolute atomic E-state index is 0.194. The minimum Gasteiger partial charge on any atom is -0.481 e. The number of aryl methyl sites for hydroxylation is 2. The van der Waals surface area contributed by atoms with E-state index in [0.717, 1.165) is 69.5 Å². The quantitative estimate of drug-likeness (QED) is 0.381. The molecule has 3 aliphatic rings. The number of hydrogen-bond acceptors (Lipinski definition) is 5. The Hall–Kier alpha value is -4.20. The second-order valence-electron chi connectivity index (χ2n) is 10.5. The molecule has 37 heavy (non-hydrogen) atoms. The van der Waals surface area contributed by atoms with Gasteiger partial charge >= 0.3 is 5.97 Å². The maximum absolute atomic E-state index is 11.7. The van der Waals surface area contributed by atoms with Crippen LogP contribution >= 0.6 is 0 Å². The molecule has 8 nitrogen and oxygen atoms in total. The molecule has 2 aromatic carbocycles. The summed E-state index contributed by atoms with van der Waals surface area (Å²) in [5.74, 6) is 0.224. The number of anilines is 1. The number of aliphatic carboxylic acids is 1. The molecule has 3 atom stereocenters. The van der Waals surface area contributed by atoms with Crippen molar-refractivity contribution < 1.29 is 9.90 Å². The number of hydrogen-bond donors (Lipinski definition) is 1. The average molecular weight is 493 g/mol. The molecule has 2 aliphatic heterocycles. The summed E-state index contributed by atoms with van der Waals surface area (Å²) in [4.78, 5) is 18.8. The molecular formula is C29H28N6O2. The number of carboxylic acids is 1. The first-order chi connectivity index (χ1) is 18.0. The molecule has 1 saturated carbocycles. The topological polar surface area (TPSA) is 89.1 Å². The zero-order chi connectivity index (χ0) is 25.3. The van der Waals surface area contributed by atoms with Gasteiger partial charge in [-0.15, -0.1) is 0 Å². The van der Waals surface area contributed by atoms with Gasteiger partial charge in [0.1, 0.15) is 11.5 Å². The van der Waals surface area contributed by atoms with Crippen molar-refractivity contribution in [3.63, 3.8) is 0 Å². The molecule has 0 amide bonds. The maximum atomic E-state index is 11.7. The van der Waals surface area contributed by atoms with E-state index in [1.807, 2.05) is 40.9 Å². The van der Waals surface area contributed by atoms with Crippen LogP contribution in [0.2, 0.25) is 0 Å². The Kier molecular flexibility index (Phi) is 4.86. The molecule has 0 unspecified atom stereocenters. The van der Waals surface area contributed by atoms with Crippen LogP contribution in [0.5, 0.6) is 0 Å². The van der Waals surface area contributed by atoms with Crippen LogP contribution in [-0.2, 0) is 11.8 Å². The highest BCUT2D eigenvalue weighted by Crippen LogP contribution is 2.41. The highest BCUT2D eigenvalue weighted by atomic mass is 16.4. The number of benzene rings is 2. The summed E-state index contributed by atoms with van der Waals surface area (Å²) in [7, 11) is 1.94. The van der Waals surface area contributed by atoms with E-state index in [0.29, 0.717) is 6.42 Å². The molecule has 0 radical (unpaired) electrons. The minimum atomic E-state index is -0.656. The molecule has 3 aromatic heterocycles. The van der Waals surface area contributed by atoms with Gasteiger partial charge in [-0.05, 0) is 55.9 Å². The molecule has 3 fully saturated rings. The van der Waals surface area contributed by atoms with E-state index in [2.05, 4.69) is 53.3 Å². The zero-order valence-electron chi connectivity index (χ0n) is 20.9. The highest BCUT2D eigenvalue weighted by Gasteiger charge is 2.44. The lowest BCUT2D eigenvalue weighted by atomic mass is 9.72. The van der Waals surface area contributed by atoms with Crippen LogP contribution in [0, 0.1) is 18.8 Å². The van der Waals surface area contributed by atoms with Crippen LogP contribution in [0.15, 0.2) is 60.9 Å². The molecule has 5 heterocycles. The number of carboxylic acid groups (broad SMARTS) is 1. The lowest BCUT2D eigenvalue weighted by Gasteiger charge is -2.48. The molecule has 2 saturated heterocycles. The molecule has 0 spiro atoms. The summed E-state index contributed by atoms with van der Waals surface area (Å²) in [6.07, 6.45) is 6.66. The number of piperidine rings is 2. The van der Waals surface area contributed by atoms with Gasteiger partial charge in [0.2, 0.25) is 0 Å². The number of fused-ring (bicyclic) bond motifs is 5. The number of nitrogens with zero attached hydrogens (tertiary/aromatic N) is 6. The van der Waals surface area contributed by atoms with E-state index in [1.165, 1.54) is 0 Å². The molecule has 1 N–H and O–H groups in total. The smallest absolute Gasteiger partial charge is 0.306 e. The Morgan fingerprint density at radius 2 is 1.89 bits per heavy atom. The van der Waals surface area contributed by atoms with Gasteiger partial charge in [0.15, 0.2) is 0 Å². The summed E-state index contributed by atoms with van der Waals surface area (Å²) >= 11 is 0. The van der Waals surface area contributed by atoms with Gasteiger partial charge in [0, 0.05) is 42.2 Å². The fraction of sp³-hybridized carbons (Fsp3) is 0.310. The molecule has 2 bridgehead atoms. The summed E-state index contributed by atoms with van der Waals surface area (Å²) in [5.41, 5.74) is 6.04. The lowest BCUT2D eigenvalue weighted by molar-refractivity contribution is -0.146. The van der Waals surface area contributed by atoms with Gasteiger partial charge in [-0.1, -0.05) is 30.3 Å². The Labute approximate surface area is 214 Å². The molecular weight excluding hydrogens is 464 g/mol. The summed E-state index contributed by atoms with van der Waals surface area (Å²) in [5, 5.41) is 21.5. The van der Waals surface area contributed by atoms with Gasteiger partial charge in [-0.3, -0.25) is 9.48 Å². The van der Waals surface area contributed by atoms with Crippen LogP contribution in [0.25, 0.3) is 38.8 Å². The monoisotopic (exact) mass is 492 g/mol. The van der Waals surface area contributed by atoms with Crippen molar-refractivity contribution in [2.24, 2.45) is 18.9 Å². The van der Waals surface area contributed by atoms with Crippen LogP contribution in [0.3, 0.4) is 0 Å². The molecule has 8 heteroatoms. The van der Waals surface area contributed by atoms with Crippen molar-refractivity contribution in [3.05, 3.63) is 66.5 Å². The summed E-state index contributed by atoms with van der Waals surface area (Å²) in [6.45, 7) is 2.87.